The van der Waals surface area contributed by atoms with E-state index in [1.807, 2.05) is 0 Å². The van der Waals surface area contributed by atoms with E-state index in [1.54, 1.807) is 17.0 Å². The summed E-state index contributed by atoms with van der Waals surface area (Å²) in [6, 6.07) is 5.41. The summed E-state index contributed by atoms with van der Waals surface area (Å²) in [5.74, 6) is 0.127. The molecule has 124 valence electrons. The Balaban J connectivity index is 1.59. The molecule has 7 nitrogen and oxygen atoms in total. The van der Waals surface area contributed by atoms with E-state index in [1.165, 1.54) is 12.1 Å². The van der Waals surface area contributed by atoms with Crippen LogP contribution in [0.5, 0.6) is 0 Å². The van der Waals surface area contributed by atoms with Gasteiger partial charge in [-0.2, -0.15) is 0 Å². The fourth-order valence-corrected chi connectivity index (χ4v) is 3.00. The van der Waals surface area contributed by atoms with Gasteiger partial charge in [-0.15, -0.1) is 0 Å². The molecule has 2 aliphatic rings. The van der Waals surface area contributed by atoms with Crippen molar-refractivity contribution in [2.24, 2.45) is 0 Å². The number of halogens is 1. The van der Waals surface area contributed by atoms with Gasteiger partial charge in [0.05, 0.1) is 6.54 Å². The highest BCUT2D eigenvalue weighted by Crippen LogP contribution is 2.30. The minimum Gasteiger partial charge on any atom is -0.447 e. The number of fused-ring (bicyclic) bond motifs is 1. The van der Waals surface area contributed by atoms with Crippen LogP contribution in [-0.4, -0.2) is 41.3 Å². The van der Waals surface area contributed by atoms with Crippen LogP contribution in [0.3, 0.4) is 0 Å². The first kappa shape index (κ1) is 14.7. The monoisotopic (exact) mass is 331 g/mol. The number of nitrogens with zero attached hydrogens (tertiary/aromatic N) is 2. The number of alkyl carbamates (subject to hydrolysis) is 1. The van der Waals surface area contributed by atoms with Crippen LogP contribution in [0.15, 0.2) is 28.8 Å². The second-order valence-electron chi connectivity index (χ2n) is 5.75. The summed E-state index contributed by atoms with van der Waals surface area (Å²) in [5.41, 5.74) is 1.91. The minimum absolute atomic E-state index is 0.0292. The Morgan fingerprint density at radius 1 is 1.42 bits per heavy atom. The summed E-state index contributed by atoms with van der Waals surface area (Å²) in [5, 5.41) is 6.52. The summed E-state index contributed by atoms with van der Waals surface area (Å²) in [7, 11) is 0. The van der Waals surface area contributed by atoms with E-state index in [2.05, 4.69) is 10.5 Å². The van der Waals surface area contributed by atoms with Crippen molar-refractivity contribution >= 4 is 12.0 Å². The molecule has 0 saturated carbocycles. The molecule has 0 radical (unpaired) electrons. The Morgan fingerprint density at radius 3 is 3.04 bits per heavy atom. The fraction of sp³-hybridized carbons (Fsp3) is 0.312. The number of aromatic nitrogens is 1. The normalized spacial score (nSPS) is 19.6. The van der Waals surface area contributed by atoms with Gasteiger partial charge in [-0.25, -0.2) is 9.18 Å². The molecule has 4 rings (SSSR count). The number of benzene rings is 1. The SMILES string of the molecule is O=C1NC(C(=O)N2CCc3onc(-c4cccc(F)c4)c3C2)CO1. The van der Waals surface area contributed by atoms with Gasteiger partial charge in [0, 0.05) is 24.1 Å². The third kappa shape index (κ3) is 2.49. The zero-order chi connectivity index (χ0) is 16.7. The maximum absolute atomic E-state index is 13.5. The van der Waals surface area contributed by atoms with Crippen LogP contribution in [-0.2, 0) is 22.5 Å². The molecule has 2 amide bonds. The van der Waals surface area contributed by atoms with Gasteiger partial charge in [0.1, 0.15) is 29.9 Å². The van der Waals surface area contributed by atoms with E-state index < -0.39 is 12.1 Å². The lowest BCUT2D eigenvalue weighted by Crippen LogP contribution is -2.47. The first-order valence-electron chi connectivity index (χ1n) is 7.57. The van der Waals surface area contributed by atoms with Crippen molar-refractivity contribution in [1.29, 1.82) is 0 Å². The maximum atomic E-state index is 13.5. The summed E-state index contributed by atoms with van der Waals surface area (Å²) in [6.45, 7) is 0.799. The van der Waals surface area contributed by atoms with Crippen LogP contribution in [0, 0.1) is 5.82 Å². The van der Waals surface area contributed by atoms with Crippen LogP contribution in [0.25, 0.3) is 11.3 Å². The van der Waals surface area contributed by atoms with E-state index in [0.29, 0.717) is 36.5 Å². The third-order valence-corrected chi connectivity index (χ3v) is 4.21. The molecule has 1 fully saturated rings. The number of hydrogen-bond acceptors (Lipinski definition) is 5. The largest absolute Gasteiger partial charge is 0.447 e. The van der Waals surface area contributed by atoms with Crippen molar-refractivity contribution in [3.63, 3.8) is 0 Å². The van der Waals surface area contributed by atoms with Crippen molar-refractivity contribution in [2.45, 2.75) is 19.0 Å². The molecule has 2 aliphatic heterocycles. The third-order valence-electron chi connectivity index (χ3n) is 4.21. The molecule has 0 spiro atoms. The van der Waals surface area contributed by atoms with Gasteiger partial charge in [-0.1, -0.05) is 17.3 Å². The predicted octanol–water partition coefficient (Wildman–Crippen LogP) is 1.47. The fourth-order valence-electron chi connectivity index (χ4n) is 3.00. The Morgan fingerprint density at radius 2 is 2.29 bits per heavy atom. The Hall–Kier alpha value is -2.90. The number of hydrogen-bond donors (Lipinski definition) is 1. The molecule has 1 atom stereocenters. The first-order chi connectivity index (χ1) is 11.6. The Bertz CT molecular complexity index is 819. The molecular weight excluding hydrogens is 317 g/mol. The average Bonchev–Trinajstić information content (AvgIpc) is 3.19. The number of carbonyl (C=O) groups is 2. The molecule has 8 heteroatoms. The van der Waals surface area contributed by atoms with Gasteiger partial charge < -0.3 is 19.5 Å². The molecule has 1 aromatic heterocycles. The van der Waals surface area contributed by atoms with E-state index >= 15 is 0 Å². The topological polar surface area (TPSA) is 84.7 Å². The van der Waals surface area contributed by atoms with Crippen molar-refractivity contribution in [3.05, 3.63) is 41.4 Å². The summed E-state index contributed by atoms with van der Waals surface area (Å²) in [6.07, 6.45) is -0.0678. The first-order valence-corrected chi connectivity index (χ1v) is 7.57. The Labute approximate surface area is 136 Å². The van der Waals surface area contributed by atoms with Crippen LogP contribution >= 0.6 is 0 Å². The van der Waals surface area contributed by atoms with Gasteiger partial charge in [-0.3, -0.25) is 4.79 Å². The highest BCUT2D eigenvalue weighted by Gasteiger charge is 2.35. The lowest BCUT2D eigenvalue weighted by molar-refractivity contribution is -0.134. The lowest BCUT2D eigenvalue weighted by atomic mass is 10.0. The number of nitrogens with one attached hydrogen (secondary N) is 1. The summed E-state index contributed by atoms with van der Waals surface area (Å²) >= 11 is 0. The molecule has 2 aromatic rings. The highest BCUT2D eigenvalue weighted by atomic mass is 19.1. The quantitative estimate of drug-likeness (QED) is 0.901. The van der Waals surface area contributed by atoms with Crippen molar-refractivity contribution in [3.8, 4) is 11.3 Å². The van der Waals surface area contributed by atoms with Crippen molar-refractivity contribution in [2.75, 3.05) is 13.2 Å². The smallest absolute Gasteiger partial charge is 0.407 e. The van der Waals surface area contributed by atoms with E-state index in [0.717, 1.165) is 5.56 Å². The zero-order valence-corrected chi connectivity index (χ0v) is 12.6. The average molecular weight is 331 g/mol. The number of rotatable bonds is 2. The van der Waals surface area contributed by atoms with E-state index in [9.17, 15) is 14.0 Å². The molecule has 0 bridgehead atoms. The van der Waals surface area contributed by atoms with Gasteiger partial charge in [0.25, 0.3) is 0 Å². The highest BCUT2D eigenvalue weighted by molar-refractivity contribution is 5.88. The Kier molecular flexibility index (Phi) is 3.44. The van der Waals surface area contributed by atoms with E-state index in [4.69, 9.17) is 9.26 Å². The van der Waals surface area contributed by atoms with Gasteiger partial charge in [0.2, 0.25) is 5.91 Å². The lowest BCUT2D eigenvalue weighted by Gasteiger charge is -2.28. The van der Waals surface area contributed by atoms with Gasteiger partial charge in [0.15, 0.2) is 0 Å². The van der Waals surface area contributed by atoms with Crippen molar-refractivity contribution < 1.29 is 23.2 Å². The van der Waals surface area contributed by atoms with Crippen LogP contribution in [0.1, 0.15) is 11.3 Å². The second kappa shape index (κ2) is 5.63. The molecule has 0 aliphatic carbocycles. The van der Waals surface area contributed by atoms with Crippen LogP contribution < -0.4 is 5.32 Å². The molecule has 3 heterocycles. The standard InChI is InChI=1S/C16H14FN3O4/c17-10-3-1-2-9(6-10)14-11-7-20(5-4-13(11)24-19-14)15(21)12-8-23-16(22)18-12/h1-3,6,12H,4-5,7-8H2,(H,18,22). The molecule has 1 saturated heterocycles. The molecular formula is C16H14FN3O4. The van der Waals surface area contributed by atoms with Crippen LogP contribution in [0.2, 0.25) is 0 Å². The number of amides is 2. The number of cyclic esters (lactones) is 1. The second-order valence-corrected chi connectivity index (χ2v) is 5.75. The summed E-state index contributed by atoms with van der Waals surface area (Å²) < 4.78 is 23.6. The minimum atomic E-state index is -0.670. The number of carbonyl (C=O) groups excluding carboxylic acids is 2. The van der Waals surface area contributed by atoms with Crippen LogP contribution in [0.4, 0.5) is 9.18 Å². The number of ether oxygens (including phenoxy) is 1. The van der Waals surface area contributed by atoms with Gasteiger partial charge in [-0.05, 0) is 12.1 Å². The van der Waals surface area contributed by atoms with E-state index in [-0.39, 0.29) is 18.3 Å². The molecule has 24 heavy (non-hydrogen) atoms. The zero-order valence-electron chi connectivity index (χ0n) is 12.6. The predicted molar refractivity (Wildman–Crippen MR) is 79.3 cm³/mol. The maximum Gasteiger partial charge on any atom is 0.407 e. The van der Waals surface area contributed by atoms with Crippen molar-refractivity contribution in [1.82, 2.24) is 15.4 Å². The summed E-state index contributed by atoms with van der Waals surface area (Å²) in [4.78, 5) is 25.2. The molecule has 1 aromatic carbocycles. The van der Waals surface area contributed by atoms with Gasteiger partial charge >= 0.3 is 6.09 Å². The molecule has 1 N–H and O–H groups in total. The molecule has 1 unspecified atom stereocenters.